The van der Waals surface area contributed by atoms with Crippen molar-refractivity contribution in [3.05, 3.63) is 65.4 Å². The molecular weight excluding hydrogens is 552 g/mol. The molecule has 0 aliphatic rings. The van der Waals surface area contributed by atoms with Gasteiger partial charge in [-0.2, -0.15) is 0 Å². The van der Waals surface area contributed by atoms with Gasteiger partial charge in [0, 0.05) is 17.9 Å². The minimum atomic E-state index is -3.25. The van der Waals surface area contributed by atoms with Crippen molar-refractivity contribution in [1.82, 2.24) is 0 Å². The minimum Gasteiger partial charge on any atom is -0.228 e. The van der Waals surface area contributed by atoms with Crippen molar-refractivity contribution in [2.45, 2.75) is 11.5 Å². The molecule has 112 valence electrons. The van der Waals surface area contributed by atoms with Crippen LogP contribution in [-0.4, -0.2) is 8.42 Å². The second kappa shape index (κ2) is 7.25. The van der Waals surface area contributed by atoms with E-state index in [-0.39, 0.29) is 11.5 Å². The molecule has 0 radical (unpaired) electrons. The van der Waals surface area contributed by atoms with Crippen LogP contribution in [-0.2, 0) is 21.3 Å². The molecule has 0 unspecified atom stereocenters. The van der Waals surface area contributed by atoms with Gasteiger partial charge in [-0.3, -0.25) is 0 Å². The maximum atomic E-state index is 12.4. The molecule has 2 aromatic carbocycles. The molecule has 0 aliphatic carbocycles. The summed E-state index contributed by atoms with van der Waals surface area (Å²) in [6.07, 6.45) is 0. The Labute approximate surface area is 157 Å². The lowest BCUT2D eigenvalue weighted by atomic mass is 10.2. The van der Waals surface area contributed by atoms with E-state index in [1.807, 2.05) is 36.4 Å². The van der Waals surface area contributed by atoms with Crippen LogP contribution in [0.15, 0.2) is 54.3 Å². The maximum absolute atomic E-state index is 12.4. The Kier molecular flexibility index (Phi) is 6.10. The van der Waals surface area contributed by atoms with Crippen LogP contribution in [0.4, 0.5) is 0 Å². The van der Waals surface area contributed by atoms with Crippen molar-refractivity contribution >= 4 is 73.6 Å². The second-order valence-electron chi connectivity index (χ2n) is 4.50. The van der Waals surface area contributed by atoms with Crippen molar-refractivity contribution in [3.63, 3.8) is 0 Å². The number of sulfone groups is 1. The Hall–Kier alpha value is 0.310. The van der Waals surface area contributed by atoms with Crippen molar-refractivity contribution < 1.29 is 8.42 Å². The highest BCUT2D eigenvalue weighted by molar-refractivity contribution is 9.11. The smallest absolute Gasteiger partial charge is 0.158 e. The highest BCUT2D eigenvalue weighted by Crippen LogP contribution is 2.27. The van der Waals surface area contributed by atoms with Gasteiger partial charge in [-0.15, -0.1) is 0 Å². The zero-order valence-electron chi connectivity index (χ0n) is 10.6. The van der Waals surface area contributed by atoms with E-state index < -0.39 is 9.84 Å². The molecule has 0 heterocycles. The standard InChI is InChI=1S/C14H10Br4O2S/c15-11-3-1-9(13(17)5-11)7-21(19,20)8-10-2-4-12(16)6-14(10)18/h1-6H,7-8H2. The molecular formula is C14H10Br4O2S. The minimum absolute atomic E-state index is 0.00334. The van der Waals surface area contributed by atoms with Crippen LogP contribution < -0.4 is 0 Å². The van der Waals surface area contributed by atoms with Gasteiger partial charge in [-0.1, -0.05) is 75.9 Å². The first kappa shape index (κ1) is 17.7. The average Bonchev–Trinajstić information content (AvgIpc) is 2.36. The SMILES string of the molecule is O=S(=O)(Cc1ccc(Br)cc1Br)Cc1ccc(Br)cc1Br. The molecule has 7 heteroatoms. The molecule has 0 atom stereocenters. The molecule has 2 nitrogen and oxygen atoms in total. The predicted molar refractivity (Wildman–Crippen MR) is 100 cm³/mol. The Morgan fingerprint density at radius 2 is 1.10 bits per heavy atom. The van der Waals surface area contributed by atoms with Crippen molar-refractivity contribution in [2.75, 3.05) is 0 Å². The summed E-state index contributed by atoms with van der Waals surface area (Å²) in [6, 6.07) is 11.0. The molecule has 2 aromatic rings. The number of rotatable bonds is 4. The lowest BCUT2D eigenvalue weighted by molar-refractivity contribution is 0.594. The molecule has 0 fully saturated rings. The Morgan fingerprint density at radius 1 is 0.714 bits per heavy atom. The van der Waals surface area contributed by atoms with Crippen LogP contribution in [0.2, 0.25) is 0 Å². The molecule has 0 spiro atoms. The summed E-state index contributed by atoms with van der Waals surface area (Å²) in [5.74, 6) is 0.00668. The van der Waals surface area contributed by atoms with E-state index in [4.69, 9.17) is 0 Å². The highest BCUT2D eigenvalue weighted by atomic mass is 79.9. The lowest BCUT2D eigenvalue weighted by Gasteiger charge is -2.09. The summed E-state index contributed by atoms with van der Waals surface area (Å²) >= 11 is 13.5. The fourth-order valence-electron chi connectivity index (χ4n) is 1.80. The van der Waals surface area contributed by atoms with E-state index in [1.54, 1.807) is 0 Å². The monoisotopic (exact) mass is 558 g/mol. The summed E-state index contributed by atoms with van der Waals surface area (Å²) in [5.41, 5.74) is 1.51. The van der Waals surface area contributed by atoms with Gasteiger partial charge in [-0.25, -0.2) is 8.42 Å². The van der Waals surface area contributed by atoms with Crippen molar-refractivity contribution in [3.8, 4) is 0 Å². The van der Waals surface area contributed by atoms with Gasteiger partial charge in [0.25, 0.3) is 0 Å². The predicted octanol–water partition coefficient (Wildman–Crippen LogP) is 5.85. The largest absolute Gasteiger partial charge is 0.228 e. The second-order valence-corrected chi connectivity index (χ2v) is 10.1. The Bertz CT molecular complexity index is 713. The van der Waals surface area contributed by atoms with Crippen LogP contribution in [0.1, 0.15) is 11.1 Å². The van der Waals surface area contributed by atoms with E-state index in [1.165, 1.54) is 0 Å². The van der Waals surface area contributed by atoms with E-state index in [2.05, 4.69) is 63.7 Å². The zero-order valence-corrected chi connectivity index (χ0v) is 17.8. The van der Waals surface area contributed by atoms with Gasteiger partial charge in [0.15, 0.2) is 9.84 Å². The van der Waals surface area contributed by atoms with Crippen LogP contribution in [0, 0.1) is 0 Å². The van der Waals surface area contributed by atoms with Gasteiger partial charge in [0.1, 0.15) is 0 Å². The molecule has 0 N–H and O–H groups in total. The highest BCUT2D eigenvalue weighted by Gasteiger charge is 2.17. The zero-order chi connectivity index (χ0) is 15.6. The van der Waals surface area contributed by atoms with Crippen LogP contribution >= 0.6 is 63.7 Å². The summed E-state index contributed by atoms with van der Waals surface area (Å²) < 4.78 is 28.1. The van der Waals surface area contributed by atoms with Crippen LogP contribution in [0.25, 0.3) is 0 Å². The first-order valence-corrected chi connectivity index (χ1v) is 10.8. The van der Waals surface area contributed by atoms with E-state index in [9.17, 15) is 8.42 Å². The van der Waals surface area contributed by atoms with Gasteiger partial charge < -0.3 is 0 Å². The third kappa shape index (κ3) is 5.16. The molecule has 0 aliphatic heterocycles. The summed E-state index contributed by atoms with van der Waals surface area (Å²) in [4.78, 5) is 0. The molecule has 2 rings (SSSR count). The Balaban J connectivity index is 2.22. The van der Waals surface area contributed by atoms with E-state index in [0.29, 0.717) is 0 Å². The van der Waals surface area contributed by atoms with Gasteiger partial charge in [0.2, 0.25) is 0 Å². The number of halogens is 4. The first-order valence-electron chi connectivity index (χ1n) is 5.85. The topological polar surface area (TPSA) is 34.1 Å². The number of benzene rings is 2. The summed E-state index contributed by atoms with van der Waals surface area (Å²) in [5, 5.41) is 0. The molecule has 21 heavy (non-hydrogen) atoms. The van der Waals surface area contributed by atoms with Crippen LogP contribution in [0.3, 0.4) is 0 Å². The molecule has 0 saturated heterocycles. The van der Waals surface area contributed by atoms with E-state index >= 15 is 0 Å². The number of hydrogen-bond acceptors (Lipinski definition) is 2. The normalized spacial score (nSPS) is 11.6. The third-order valence-corrected chi connectivity index (χ3v) is 6.75. The molecule has 0 amide bonds. The fraction of sp³-hybridized carbons (Fsp3) is 0.143. The average molecular weight is 562 g/mol. The Morgan fingerprint density at radius 3 is 1.43 bits per heavy atom. The van der Waals surface area contributed by atoms with Crippen molar-refractivity contribution in [2.24, 2.45) is 0 Å². The number of hydrogen-bond donors (Lipinski definition) is 0. The fourth-order valence-corrected chi connectivity index (χ4v) is 6.10. The van der Waals surface area contributed by atoms with Gasteiger partial charge in [-0.05, 0) is 35.4 Å². The summed E-state index contributed by atoms with van der Waals surface area (Å²) in [7, 11) is -3.25. The van der Waals surface area contributed by atoms with Gasteiger partial charge >= 0.3 is 0 Å². The first-order chi connectivity index (χ1) is 9.77. The third-order valence-electron chi connectivity index (χ3n) is 2.78. The van der Waals surface area contributed by atoms with Crippen LogP contribution in [0.5, 0.6) is 0 Å². The van der Waals surface area contributed by atoms with Gasteiger partial charge in [0.05, 0.1) is 11.5 Å². The molecule has 0 saturated carbocycles. The lowest BCUT2D eigenvalue weighted by Crippen LogP contribution is -2.08. The molecule has 0 aromatic heterocycles. The van der Waals surface area contributed by atoms with Crippen molar-refractivity contribution in [1.29, 1.82) is 0 Å². The summed E-state index contributed by atoms with van der Waals surface area (Å²) in [6.45, 7) is 0. The maximum Gasteiger partial charge on any atom is 0.158 e. The quantitative estimate of drug-likeness (QED) is 0.469. The molecule has 0 bridgehead atoms. The van der Waals surface area contributed by atoms with E-state index in [0.717, 1.165) is 29.0 Å².